The molecule has 7 nitrogen and oxygen atoms in total. The fourth-order valence-corrected chi connectivity index (χ4v) is 4.70. The number of nitrogen functional groups attached to an aromatic ring is 1. The van der Waals surface area contributed by atoms with Gasteiger partial charge in [0.25, 0.3) is 0 Å². The van der Waals surface area contributed by atoms with E-state index in [2.05, 4.69) is 20.3 Å². The van der Waals surface area contributed by atoms with Gasteiger partial charge in [0.05, 0.1) is 29.1 Å². The van der Waals surface area contributed by atoms with Gasteiger partial charge in [-0.3, -0.25) is 4.98 Å². The molecule has 0 bridgehead atoms. The number of para-hydroxylation sites is 1. The Labute approximate surface area is 233 Å². The van der Waals surface area contributed by atoms with Crippen LogP contribution in [-0.4, -0.2) is 27.2 Å². The third kappa shape index (κ3) is 6.75. The zero-order valence-corrected chi connectivity index (χ0v) is 22.7. The van der Waals surface area contributed by atoms with Gasteiger partial charge in [-0.05, 0) is 55.0 Å². The summed E-state index contributed by atoms with van der Waals surface area (Å²) in [6.45, 7) is 2.43. The van der Waals surface area contributed by atoms with E-state index >= 15 is 0 Å². The first-order valence-corrected chi connectivity index (χ1v) is 12.9. The van der Waals surface area contributed by atoms with Crippen molar-refractivity contribution >= 4 is 34.4 Å². The van der Waals surface area contributed by atoms with E-state index in [0.29, 0.717) is 33.3 Å². The summed E-state index contributed by atoms with van der Waals surface area (Å²) in [5.41, 5.74) is 10.2. The number of hydrogen-bond donors (Lipinski definition) is 4. The lowest BCUT2D eigenvalue weighted by atomic mass is 10.1. The maximum absolute atomic E-state index is 13.4. The number of thiazole rings is 1. The Hall–Kier alpha value is -4.35. The Balaban J connectivity index is 0.000000183. The molecule has 0 atom stereocenters. The Bertz CT molecular complexity index is 1640. The molecule has 5 aromatic rings. The van der Waals surface area contributed by atoms with Crippen molar-refractivity contribution in [3.05, 3.63) is 100 Å². The van der Waals surface area contributed by atoms with Crippen LogP contribution in [0.5, 0.6) is 11.5 Å². The number of ether oxygens (including phenoxy) is 1. The lowest BCUT2D eigenvalue weighted by molar-refractivity contribution is 0.371. The summed E-state index contributed by atoms with van der Waals surface area (Å²) in [6.07, 6.45) is 3.47. The van der Waals surface area contributed by atoms with E-state index in [9.17, 15) is 13.9 Å². The number of phenolic OH excluding ortho intramolecular Hbond substituents is 1. The van der Waals surface area contributed by atoms with Crippen molar-refractivity contribution in [2.24, 2.45) is 0 Å². The molecule has 200 valence electrons. The first-order valence-electron chi connectivity index (χ1n) is 11.7. The van der Waals surface area contributed by atoms with Crippen molar-refractivity contribution in [2.75, 3.05) is 18.2 Å². The molecular weight excluding hydrogens is 540 g/mol. The smallest absolute Gasteiger partial charge is 0.181 e. The van der Waals surface area contributed by atoms with Crippen LogP contribution in [0.25, 0.3) is 21.8 Å². The summed E-state index contributed by atoms with van der Waals surface area (Å²) in [6, 6.07) is 16.5. The second-order valence-corrected chi connectivity index (χ2v) is 9.76. The average molecular weight is 566 g/mol. The van der Waals surface area contributed by atoms with E-state index < -0.39 is 11.6 Å². The highest BCUT2D eigenvalue weighted by atomic mass is 32.1. The summed E-state index contributed by atoms with van der Waals surface area (Å²) in [5, 5.41) is 13.5. The number of nitrogens with two attached hydrogens (primary N) is 1. The van der Waals surface area contributed by atoms with Gasteiger partial charge in [-0.2, -0.15) is 0 Å². The van der Waals surface area contributed by atoms with Crippen LogP contribution in [0.2, 0.25) is 0 Å². The summed E-state index contributed by atoms with van der Waals surface area (Å²) in [5.74, 6) is -1.17. The number of aromatic amines is 1. The molecule has 0 fully saturated rings. The highest BCUT2D eigenvalue weighted by molar-refractivity contribution is 7.71. The molecule has 3 heterocycles. The molecule has 0 saturated heterocycles. The van der Waals surface area contributed by atoms with Crippen molar-refractivity contribution in [1.82, 2.24) is 15.0 Å². The standard InChI is InChI=1S/C15H11F2N3S.C13H14N2O2S/c1-8-3-2-6-19-12(8)14-13(20-15(18)21-14)9-4-5-10(16)11(17)7-9;1-17-11-4-2-3-9(13(11)16)7-14-10-5-6-12(18)15-8-10/h2-7H,1H3,(H2,18,20);2-6,8,14,16H,7H2,1H3,(H,15,18). The quantitative estimate of drug-likeness (QED) is 0.162. The molecule has 0 radical (unpaired) electrons. The fourth-order valence-electron chi connectivity index (χ4n) is 3.65. The number of nitrogens with zero attached hydrogens (tertiary/aromatic N) is 2. The molecule has 2 aromatic carbocycles. The van der Waals surface area contributed by atoms with Crippen LogP contribution in [0.3, 0.4) is 0 Å². The number of aryl methyl sites for hydroxylation is 1. The third-order valence-corrected chi connectivity index (χ3v) is 6.78. The maximum Gasteiger partial charge on any atom is 0.181 e. The van der Waals surface area contributed by atoms with Crippen LogP contribution in [0, 0.1) is 23.2 Å². The molecule has 39 heavy (non-hydrogen) atoms. The van der Waals surface area contributed by atoms with Gasteiger partial charge in [0.15, 0.2) is 28.3 Å². The predicted octanol–water partition coefficient (Wildman–Crippen LogP) is 7.11. The Morgan fingerprint density at radius 1 is 1.08 bits per heavy atom. The van der Waals surface area contributed by atoms with Gasteiger partial charge in [-0.15, -0.1) is 0 Å². The molecule has 0 unspecified atom stereocenters. The number of halogens is 2. The fraction of sp³-hybridized carbons (Fsp3) is 0.107. The van der Waals surface area contributed by atoms with Crippen molar-refractivity contribution in [1.29, 1.82) is 0 Å². The number of anilines is 2. The van der Waals surface area contributed by atoms with Gasteiger partial charge in [-0.25, -0.2) is 13.8 Å². The number of nitrogens with one attached hydrogen (secondary N) is 2. The Morgan fingerprint density at radius 3 is 2.59 bits per heavy atom. The number of phenols is 1. The van der Waals surface area contributed by atoms with Gasteiger partial charge in [0, 0.05) is 30.1 Å². The molecule has 5 N–H and O–H groups in total. The summed E-state index contributed by atoms with van der Waals surface area (Å²) < 4.78 is 32.3. The normalized spacial score (nSPS) is 10.5. The summed E-state index contributed by atoms with van der Waals surface area (Å²) in [7, 11) is 1.53. The molecule has 0 aliphatic rings. The zero-order chi connectivity index (χ0) is 27.9. The molecule has 0 amide bonds. The zero-order valence-electron chi connectivity index (χ0n) is 21.0. The summed E-state index contributed by atoms with van der Waals surface area (Å²) in [4.78, 5) is 12.3. The largest absolute Gasteiger partial charge is 0.504 e. The minimum Gasteiger partial charge on any atom is -0.504 e. The maximum atomic E-state index is 13.4. The average Bonchev–Trinajstić information content (AvgIpc) is 3.32. The van der Waals surface area contributed by atoms with E-state index in [1.807, 2.05) is 43.3 Å². The van der Waals surface area contributed by atoms with Crippen molar-refractivity contribution in [3.8, 4) is 33.3 Å². The molecule has 0 aliphatic carbocycles. The van der Waals surface area contributed by atoms with Gasteiger partial charge < -0.3 is 25.9 Å². The van der Waals surface area contributed by atoms with Crippen molar-refractivity contribution in [2.45, 2.75) is 13.5 Å². The Kier molecular flexibility index (Phi) is 8.84. The summed E-state index contributed by atoms with van der Waals surface area (Å²) >= 11 is 6.24. The number of aromatic hydroxyl groups is 1. The number of methoxy groups -OCH3 is 1. The minimum atomic E-state index is -0.914. The lowest BCUT2D eigenvalue weighted by Crippen LogP contribution is -2.00. The molecular formula is C28H25F2N5O2S2. The topological polar surface area (TPSA) is 109 Å². The second kappa shape index (κ2) is 12.5. The lowest BCUT2D eigenvalue weighted by Gasteiger charge is -2.10. The predicted molar refractivity (Wildman–Crippen MR) is 153 cm³/mol. The van der Waals surface area contributed by atoms with E-state index in [-0.39, 0.29) is 5.75 Å². The van der Waals surface area contributed by atoms with Crippen LogP contribution in [0.4, 0.5) is 19.6 Å². The monoisotopic (exact) mass is 565 g/mol. The SMILES string of the molecule is COc1cccc(CNc2ccc(=S)[nH]c2)c1O.Cc1cccnc1-c1sc(N)nc1-c1ccc(F)c(F)c1. The molecule has 0 saturated carbocycles. The third-order valence-electron chi connectivity index (χ3n) is 5.63. The van der Waals surface area contributed by atoms with E-state index in [1.54, 1.807) is 18.5 Å². The van der Waals surface area contributed by atoms with Gasteiger partial charge in [0.2, 0.25) is 0 Å². The number of H-pyrrole nitrogens is 1. The van der Waals surface area contributed by atoms with Gasteiger partial charge >= 0.3 is 0 Å². The number of benzene rings is 2. The van der Waals surface area contributed by atoms with Gasteiger partial charge in [-0.1, -0.05) is 41.8 Å². The number of hydrogen-bond acceptors (Lipinski definition) is 8. The van der Waals surface area contributed by atoms with Crippen LogP contribution in [0.15, 0.2) is 73.1 Å². The van der Waals surface area contributed by atoms with E-state index in [4.69, 9.17) is 22.7 Å². The number of rotatable bonds is 6. The Morgan fingerprint density at radius 2 is 1.90 bits per heavy atom. The molecule has 0 spiro atoms. The highest BCUT2D eigenvalue weighted by Crippen LogP contribution is 2.38. The minimum absolute atomic E-state index is 0.163. The number of pyridine rings is 2. The molecule has 5 rings (SSSR count). The van der Waals surface area contributed by atoms with E-state index in [0.717, 1.165) is 39.5 Å². The first-order chi connectivity index (χ1) is 18.8. The number of aromatic nitrogens is 3. The molecule has 0 aliphatic heterocycles. The van der Waals surface area contributed by atoms with Crippen LogP contribution >= 0.6 is 23.6 Å². The highest BCUT2D eigenvalue weighted by Gasteiger charge is 2.17. The van der Waals surface area contributed by atoms with Gasteiger partial charge in [0.1, 0.15) is 4.64 Å². The van der Waals surface area contributed by atoms with Crippen LogP contribution in [0.1, 0.15) is 11.1 Å². The molecule has 3 aromatic heterocycles. The molecule has 11 heteroatoms. The second-order valence-electron chi connectivity index (χ2n) is 8.29. The van der Waals surface area contributed by atoms with Crippen LogP contribution < -0.4 is 15.8 Å². The van der Waals surface area contributed by atoms with Crippen molar-refractivity contribution < 1.29 is 18.6 Å². The van der Waals surface area contributed by atoms with E-state index in [1.165, 1.54) is 24.5 Å². The van der Waals surface area contributed by atoms with Crippen LogP contribution in [-0.2, 0) is 6.54 Å². The first kappa shape index (κ1) is 27.7. The van der Waals surface area contributed by atoms with Crippen molar-refractivity contribution in [3.63, 3.8) is 0 Å².